The van der Waals surface area contributed by atoms with E-state index in [1.165, 1.54) is 0 Å². The molecule has 0 aliphatic carbocycles. The van der Waals surface area contributed by atoms with Gasteiger partial charge >= 0.3 is 0 Å². The zero-order valence-electron chi connectivity index (χ0n) is 16.8. The Morgan fingerprint density at radius 3 is 2.86 bits per heavy atom. The van der Waals surface area contributed by atoms with Crippen molar-refractivity contribution in [3.63, 3.8) is 0 Å². The summed E-state index contributed by atoms with van der Waals surface area (Å²) in [5.41, 5.74) is 2.41. The fourth-order valence-electron chi connectivity index (χ4n) is 3.55. The van der Waals surface area contributed by atoms with Gasteiger partial charge in [0.1, 0.15) is 5.69 Å². The highest BCUT2D eigenvalue weighted by Gasteiger charge is 2.41. The number of nitrogens with one attached hydrogen (secondary N) is 3. The minimum Gasteiger partial charge on any atom is -0.475 e. The van der Waals surface area contributed by atoms with Gasteiger partial charge in [0.15, 0.2) is 5.60 Å². The van der Waals surface area contributed by atoms with Gasteiger partial charge in [-0.05, 0) is 51.1 Å². The van der Waals surface area contributed by atoms with Crippen LogP contribution in [0.15, 0.2) is 36.5 Å². The average Bonchev–Trinajstić information content (AvgIpc) is 3.35. The molecule has 152 valence electrons. The van der Waals surface area contributed by atoms with Crippen LogP contribution in [0.2, 0.25) is 0 Å². The van der Waals surface area contributed by atoms with E-state index in [9.17, 15) is 4.79 Å². The minimum absolute atomic E-state index is 0.0358. The number of methoxy groups -OCH3 is 1. The standard InChI is InChI=1S/C21H25N5O3/c1-13(2)29-18-10-14(6-8-23-18)19-16-11-15(4-5-17(16)25-26-19)24-20(27)21(28-3)7-9-22-12-21/h4-6,8,10-11,13,22H,7,9,12H2,1-3H3,(H,24,27)(H,25,26)/t21-/m0/s1. The van der Waals surface area contributed by atoms with Crippen molar-refractivity contribution < 1.29 is 14.3 Å². The zero-order chi connectivity index (χ0) is 20.4. The number of ether oxygens (including phenoxy) is 2. The van der Waals surface area contributed by atoms with E-state index >= 15 is 0 Å². The topological polar surface area (TPSA) is 101 Å². The molecule has 1 atom stereocenters. The maximum atomic E-state index is 12.8. The van der Waals surface area contributed by atoms with Gasteiger partial charge in [0.25, 0.3) is 5.91 Å². The Kier molecular flexibility index (Phi) is 5.21. The first-order valence-electron chi connectivity index (χ1n) is 9.69. The highest BCUT2D eigenvalue weighted by molar-refractivity contribution is 6.01. The van der Waals surface area contributed by atoms with E-state index in [1.54, 1.807) is 13.3 Å². The maximum absolute atomic E-state index is 12.8. The second-order valence-corrected chi connectivity index (χ2v) is 7.46. The zero-order valence-corrected chi connectivity index (χ0v) is 16.8. The smallest absolute Gasteiger partial charge is 0.257 e. The SMILES string of the molecule is CO[C@@]1(C(=O)Nc2ccc3[nH]nc(-c4ccnc(OC(C)C)c4)c3c2)CCNC1. The third-order valence-electron chi connectivity index (χ3n) is 5.11. The number of amides is 1. The first kappa shape index (κ1) is 19.4. The van der Waals surface area contributed by atoms with Crippen molar-refractivity contribution in [2.45, 2.75) is 32.0 Å². The van der Waals surface area contributed by atoms with Gasteiger partial charge in [0.2, 0.25) is 5.88 Å². The summed E-state index contributed by atoms with van der Waals surface area (Å²) < 4.78 is 11.2. The van der Waals surface area contributed by atoms with Crippen LogP contribution in [0.4, 0.5) is 5.69 Å². The molecule has 1 fully saturated rings. The number of aromatic nitrogens is 3. The Hall–Kier alpha value is -2.97. The summed E-state index contributed by atoms with van der Waals surface area (Å²) in [5.74, 6) is 0.403. The van der Waals surface area contributed by atoms with Crippen molar-refractivity contribution in [1.82, 2.24) is 20.5 Å². The minimum atomic E-state index is -0.831. The summed E-state index contributed by atoms with van der Waals surface area (Å²) in [7, 11) is 1.57. The number of fused-ring (bicyclic) bond motifs is 1. The highest BCUT2D eigenvalue weighted by Crippen LogP contribution is 2.30. The van der Waals surface area contributed by atoms with Crippen molar-refractivity contribution in [3.05, 3.63) is 36.5 Å². The van der Waals surface area contributed by atoms with Gasteiger partial charge < -0.3 is 20.1 Å². The van der Waals surface area contributed by atoms with Crippen LogP contribution in [0.1, 0.15) is 20.3 Å². The molecular weight excluding hydrogens is 370 g/mol. The molecule has 3 heterocycles. The van der Waals surface area contributed by atoms with Gasteiger partial charge in [0.05, 0.1) is 11.6 Å². The first-order valence-corrected chi connectivity index (χ1v) is 9.69. The van der Waals surface area contributed by atoms with Crippen LogP contribution in [0.5, 0.6) is 5.88 Å². The summed E-state index contributed by atoms with van der Waals surface area (Å²) in [6.07, 6.45) is 2.38. The highest BCUT2D eigenvalue weighted by atomic mass is 16.5. The van der Waals surface area contributed by atoms with E-state index < -0.39 is 5.60 Å². The quantitative estimate of drug-likeness (QED) is 0.593. The normalized spacial score (nSPS) is 19.0. The number of H-pyrrole nitrogens is 1. The molecule has 1 saturated heterocycles. The molecule has 1 amide bonds. The molecule has 0 unspecified atom stereocenters. The molecule has 3 aromatic rings. The Morgan fingerprint density at radius 2 is 2.14 bits per heavy atom. The number of carbonyl (C=O) groups is 1. The van der Waals surface area contributed by atoms with Crippen LogP contribution in [-0.2, 0) is 9.53 Å². The van der Waals surface area contributed by atoms with Crippen molar-refractivity contribution in [2.75, 3.05) is 25.5 Å². The number of carbonyl (C=O) groups excluding carboxylic acids is 1. The molecule has 8 heteroatoms. The van der Waals surface area contributed by atoms with Gasteiger partial charge in [-0.25, -0.2) is 4.98 Å². The van der Waals surface area contributed by atoms with Crippen LogP contribution in [0.25, 0.3) is 22.2 Å². The Morgan fingerprint density at radius 1 is 1.28 bits per heavy atom. The van der Waals surface area contributed by atoms with Gasteiger partial charge in [-0.1, -0.05) is 0 Å². The molecule has 29 heavy (non-hydrogen) atoms. The number of aromatic amines is 1. The third-order valence-corrected chi connectivity index (χ3v) is 5.11. The molecule has 8 nitrogen and oxygen atoms in total. The summed E-state index contributed by atoms with van der Waals surface area (Å²) in [4.78, 5) is 17.1. The fraction of sp³-hybridized carbons (Fsp3) is 0.381. The van der Waals surface area contributed by atoms with Crippen molar-refractivity contribution >= 4 is 22.5 Å². The Labute approximate surface area is 169 Å². The summed E-state index contributed by atoms with van der Waals surface area (Å²) in [6.45, 7) is 5.18. The average molecular weight is 395 g/mol. The maximum Gasteiger partial charge on any atom is 0.257 e. The van der Waals surface area contributed by atoms with Crippen molar-refractivity contribution in [2.24, 2.45) is 0 Å². The molecule has 4 rings (SSSR count). The summed E-state index contributed by atoms with van der Waals surface area (Å²) in [6, 6.07) is 9.43. The first-order chi connectivity index (χ1) is 14.0. The van der Waals surface area contributed by atoms with E-state index in [2.05, 4.69) is 25.8 Å². The van der Waals surface area contributed by atoms with Crippen molar-refractivity contribution in [1.29, 1.82) is 0 Å². The number of rotatable bonds is 6. The second-order valence-electron chi connectivity index (χ2n) is 7.46. The number of benzene rings is 1. The molecule has 1 aliphatic heterocycles. The molecule has 0 radical (unpaired) electrons. The Bertz CT molecular complexity index is 1020. The molecule has 2 aromatic heterocycles. The predicted octanol–water partition coefficient (Wildman–Crippen LogP) is 2.73. The fourth-order valence-corrected chi connectivity index (χ4v) is 3.55. The van der Waals surface area contributed by atoms with Crippen molar-refractivity contribution in [3.8, 4) is 17.1 Å². The van der Waals surface area contributed by atoms with Crippen LogP contribution in [0, 0.1) is 0 Å². The number of hydrogen-bond acceptors (Lipinski definition) is 6. The molecule has 0 bridgehead atoms. The van der Waals surface area contributed by atoms with Crippen LogP contribution < -0.4 is 15.4 Å². The number of hydrogen-bond donors (Lipinski definition) is 3. The Balaban J connectivity index is 1.64. The lowest BCUT2D eigenvalue weighted by atomic mass is 10.0. The van der Waals surface area contributed by atoms with Gasteiger partial charge in [0, 0.05) is 42.6 Å². The van der Waals surface area contributed by atoms with Gasteiger partial charge in [-0.15, -0.1) is 0 Å². The number of anilines is 1. The van der Waals surface area contributed by atoms with Crippen LogP contribution in [-0.4, -0.2) is 53.0 Å². The molecule has 1 aromatic carbocycles. The van der Waals surface area contributed by atoms with E-state index in [4.69, 9.17) is 9.47 Å². The lowest BCUT2D eigenvalue weighted by Crippen LogP contribution is -2.46. The molecule has 0 saturated carbocycles. The monoisotopic (exact) mass is 395 g/mol. The molecule has 0 spiro atoms. The van der Waals surface area contributed by atoms with Gasteiger partial charge in [-0.2, -0.15) is 5.10 Å². The predicted molar refractivity (Wildman–Crippen MR) is 111 cm³/mol. The van der Waals surface area contributed by atoms with E-state index in [1.807, 2.05) is 44.2 Å². The number of nitrogens with zero attached hydrogens (tertiary/aromatic N) is 2. The summed E-state index contributed by atoms with van der Waals surface area (Å²) >= 11 is 0. The van der Waals surface area contributed by atoms with E-state index in [0.717, 1.165) is 28.7 Å². The largest absolute Gasteiger partial charge is 0.475 e. The third kappa shape index (κ3) is 3.81. The van der Waals surface area contributed by atoms with Crippen LogP contribution in [0.3, 0.4) is 0 Å². The van der Waals surface area contributed by atoms with Gasteiger partial charge in [-0.3, -0.25) is 9.89 Å². The molecule has 3 N–H and O–H groups in total. The lowest BCUT2D eigenvalue weighted by molar-refractivity contribution is -0.135. The van der Waals surface area contributed by atoms with E-state index in [0.29, 0.717) is 24.5 Å². The van der Waals surface area contributed by atoms with Crippen LogP contribution >= 0.6 is 0 Å². The number of pyridine rings is 1. The molecule has 1 aliphatic rings. The lowest BCUT2D eigenvalue weighted by Gasteiger charge is -2.25. The van der Waals surface area contributed by atoms with E-state index in [-0.39, 0.29) is 12.0 Å². The summed E-state index contributed by atoms with van der Waals surface area (Å²) in [5, 5.41) is 14.6. The molecular formula is C21H25N5O3. The second kappa shape index (κ2) is 7.81.